The molecule has 0 aliphatic carbocycles. The Hall–Kier alpha value is -2.33. The lowest BCUT2D eigenvalue weighted by Gasteiger charge is -2.08. The predicted molar refractivity (Wildman–Crippen MR) is 63.0 cm³/mol. The van der Waals surface area contributed by atoms with E-state index in [0.717, 1.165) is 0 Å². The Labute approximate surface area is 112 Å². The van der Waals surface area contributed by atoms with E-state index >= 15 is 0 Å². The van der Waals surface area contributed by atoms with Crippen molar-refractivity contribution in [2.45, 2.75) is 11.8 Å². The van der Waals surface area contributed by atoms with Crippen LogP contribution in [0.4, 0.5) is 10.1 Å². The van der Waals surface area contributed by atoms with Gasteiger partial charge in [-0.1, -0.05) is 6.58 Å². The van der Waals surface area contributed by atoms with E-state index in [1.54, 1.807) is 0 Å². The zero-order chi connectivity index (χ0) is 15.5. The minimum atomic E-state index is -4.85. The zero-order valence-electron chi connectivity index (χ0n) is 10.1. The van der Waals surface area contributed by atoms with Crippen LogP contribution >= 0.6 is 0 Å². The Morgan fingerprint density at radius 1 is 1.45 bits per heavy atom. The Bertz CT molecular complexity index is 698. The number of hydrogen-bond donors (Lipinski definition) is 2. The van der Waals surface area contributed by atoms with Gasteiger partial charge in [-0.3, -0.25) is 4.55 Å². The third-order valence-corrected chi connectivity index (χ3v) is 2.86. The molecule has 0 radical (unpaired) electrons. The van der Waals surface area contributed by atoms with E-state index in [-0.39, 0.29) is 5.57 Å². The van der Waals surface area contributed by atoms with Crippen LogP contribution in [-0.4, -0.2) is 24.1 Å². The van der Waals surface area contributed by atoms with Crippen LogP contribution in [0, 0.1) is 5.82 Å². The number of hydrogen-bond acceptors (Lipinski definition) is 6. The number of esters is 1. The average molecular weight is 304 g/mol. The molecule has 0 aliphatic heterocycles. The van der Waals surface area contributed by atoms with Crippen molar-refractivity contribution >= 4 is 21.8 Å². The third kappa shape index (κ3) is 3.59. The lowest BCUT2D eigenvalue weighted by Crippen LogP contribution is -2.09. The Morgan fingerprint density at radius 2 is 2.05 bits per heavy atom. The molecule has 0 spiro atoms. The Morgan fingerprint density at radius 3 is 2.50 bits per heavy atom. The van der Waals surface area contributed by atoms with E-state index in [4.69, 9.17) is 9.76 Å². The van der Waals surface area contributed by atoms with Gasteiger partial charge >= 0.3 is 5.97 Å². The standard InChI is InChI=1S/C10H9FN2O6S/c1-5(2)10(14)19-8-3-6(11)9(20(16,17)18)4-7(8)12-13-15/h3-4H,1H2,2H3,(H,12,15)(H,16,17,18). The molecule has 8 nitrogen and oxygen atoms in total. The van der Waals surface area contributed by atoms with Crippen molar-refractivity contribution < 1.29 is 32.1 Å². The van der Waals surface area contributed by atoms with Crippen LogP contribution in [0.25, 0.3) is 0 Å². The van der Waals surface area contributed by atoms with Crippen LogP contribution in [0.5, 0.6) is 5.75 Å². The number of nitrogens with zero attached hydrogens (tertiary/aromatic N) is 2. The molecule has 0 saturated carbocycles. The molecule has 1 aromatic rings. The number of carbonyl (C=O) groups is 1. The van der Waals surface area contributed by atoms with Crippen molar-refractivity contribution in [2.24, 2.45) is 10.4 Å². The lowest BCUT2D eigenvalue weighted by atomic mass is 10.3. The molecule has 10 heteroatoms. The molecular weight excluding hydrogens is 295 g/mol. The normalized spacial score (nSPS) is 11.6. The monoisotopic (exact) mass is 304 g/mol. The largest absolute Gasteiger partial charge is 0.421 e. The molecular formula is C10H9FN2O6S. The highest BCUT2D eigenvalue weighted by Gasteiger charge is 2.21. The smallest absolute Gasteiger partial charge is 0.338 e. The lowest BCUT2D eigenvalue weighted by molar-refractivity contribution is -0.130. The number of carbonyl (C=O) groups excluding carboxylic acids is 1. The average Bonchev–Trinajstić information content (AvgIpc) is 2.30. The van der Waals surface area contributed by atoms with Gasteiger partial charge in [0.2, 0.25) is 0 Å². The fraction of sp³-hybridized carbons (Fsp3) is 0.100. The number of ether oxygens (including phenoxy) is 1. The summed E-state index contributed by atoms with van der Waals surface area (Å²) in [4.78, 5) is 10.2. The first-order valence-corrected chi connectivity index (χ1v) is 6.34. The number of rotatable bonds is 4. The second-order valence-corrected chi connectivity index (χ2v) is 4.97. The van der Waals surface area contributed by atoms with Crippen molar-refractivity contribution in [3.05, 3.63) is 30.1 Å². The van der Waals surface area contributed by atoms with E-state index in [2.05, 4.69) is 21.7 Å². The fourth-order valence-electron chi connectivity index (χ4n) is 1.12. The number of benzene rings is 1. The first-order valence-electron chi connectivity index (χ1n) is 4.90. The SMILES string of the molecule is C=C(C)C(=O)Oc1cc(F)c(S(=O)(=O)O)cc1/N=N/O. The summed E-state index contributed by atoms with van der Waals surface area (Å²) >= 11 is 0. The molecule has 0 unspecified atom stereocenters. The van der Waals surface area contributed by atoms with Crippen LogP contribution in [0.15, 0.2) is 39.6 Å². The molecule has 0 bridgehead atoms. The summed E-state index contributed by atoms with van der Waals surface area (Å²) in [6.45, 7) is 4.63. The van der Waals surface area contributed by atoms with Gasteiger partial charge in [-0.05, 0) is 13.0 Å². The highest BCUT2D eigenvalue weighted by molar-refractivity contribution is 7.85. The molecule has 20 heavy (non-hydrogen) atoms. The van der Waals surface area contributed by atoms with Gasteiger partial charge in [0, 0.05) is 16.9 Å². The van der Waals surface area contributed by atoms with Crippen LogP contribution in [-0.2, 0) is 14.9 Å². The molecule has 0 atom stereocenters. The molecule has 0 saturated heterocycles. The molecule has 0 fully saturated rings. The van der Waals surface area contributed by atoms with E-state index in [9.17, 15) is 17.6 Å². The van der Waals surface area contributed by atoms with Gasteiger partial charge in [-0.2, -0.15) is 8.42 Å². The van der Waals surface area contributed by atoms with Crippen molar-refractivity contribution in [1.29, 1.82) is 0 Å². The molecule has 1 rings (SSSR count). The van der Waals surface area contributed by atoms with Gasteiger partial charge in [0.25, 0.3) is 10.1 Å². The summed E-state index contributed by atoms with van der Waals surface area (Å²) in [5.74, 6) is -2.78. The molecule has 0 aliphatic rings. The molecule has 0 aromatic heterocycles. The van der Waals surface area contributed by atoms with Gasteiger partial charge < -0.3 is 9.94 Å². The summed E-state index contributed by atoms with van der Waals surface area (Å²) in [6.07, 6.45) is 0. The second kappa shape index (κ2) is 5.75. The highest BCUT2D eigenvalue weighted by atomic mass is 32.2. The van der Waals surface area contributed by atoms with Crippen LogP contribution < -0.4 is 4.74 Å². The van der Waals surface area contributed by atoms with Crippen molar-refractivity contribution in [3.63, 3.8) is 0 Å². The van der Waals surface area contributed by atoms with Gasteiger partial charge in [0.05, 0.1) is 0 Å². The molecule has 2 N–H and O–H groups in total. The van der Waals surface area contributed by atoms with E-state index in [0.29, 0.717) is 12.1 Å². The minimum Gasteiger partial charge on any atom is -0.421 e. The van der Waals surface area contributed by atoms with Crippen LogP contribution in [0.1, 0.15) is 6.92 Å². The first kappa shape index (κ1) is 15.7. The van der Waals surface area contributed by atoms with Gasteiger partial charge in [-0.25, -0.2) is 9.18 Å². The van der Waals surface area contributed by atoms with Crippen LogP contribution in [0.3, 0.4) is 0 Å². The topological polar surface area (TPSA) is 126 Å². The van der Waals surface area contributed by atoms with E-state index in [1.165, 1.54) is 6.92 Å². The van der Waals surface area contributed by atoms with Gasteiger partial charge in [0.1, 0.15) is 16.4 Å². The summed E-state index contributed by atoms with van der Waals surface area (Å²) in [6, 6.07) is 1.05. The fourth-order valence-corrected chi connectivity index (χ4v) is 1.68. The van der Waals surface area contributed by atoms with E-state index < -0.39 is 38.2 Å². The summed E-state index contributed by atoms with van der Waals surface area (Å²) in [5.41, 5.74) is -0.479. The molecule has 108 valence electrons. The van der Waals surface area contributed by atoms with Gasteiger partial charge in [-0.15, -0.1) is 5.11 Å². The maximum Gasteiger partial charge on any atom is 0.338 e. The molecule has 0 heterocycles. The summed E-state index contributed by atoms with van der Waals surface area (Å²) < 4.78 is 48.8. The maximum atomic E-state index is 13.5. The second-order valence-electron chi connectivity index (χ2n) is 3.58. The number of halogens is 1. The predicted octanol–water partition coefficient (Wildman–Crippen LogP) is 2.03. The Kier molecular flexibility index (Phi) is 4.53. The minimum absolute atomic E-state index is 0.00356. The van der Waals surface area contributed by atoms with Crippen molar-refractivity contribution in [2.75, 3.05) is 0 Å². The molecule has 0 amide bonds. The first-order chi connectivity index (χ1) is 9.16. The van der Waals surface area contributed by atoms with Crippen LogP contribution in [0.2, 0.25) is 0 Å². The van der Waals surface area contributed by atoms with Gasteiger partial charge in [0.15, 0.2) is 5.75 Å². The van der Waals surface area contributed by atoms with Crippen molar-refractivity contribution in [1.82, 2.24) is 0 Å². The molecule has 1 aromatic carbocycles. The summed E-state index contributed by atoms with van der Waals surface area (Å²) in [5, 5.41) is 13.8. The summed E-state index contributed by atoms with van der Waals surface area (Å²) in [7, 11) is -4.85. The third-order valence-electron chi connectivity index (χ3n) is 1.99. The maximum absolute atomic E-state index is 13.5. The highest BCUT2D eigenvalue weighted by Crippen LogP contribution is 2.33. The quantitative estimate of drug-likeness (QED) is 0.219. The van der Waals surface area contributed by atoms with E-state index in [1.807, 2.05) is 0 Å². The Balaban J connectivity index is 3.43. The zero-order valence-corrected chi connectivity index (χ0v) is 10.9. The van der Waals surface area contributed by atoms with Crippen molar-refractivity contribution in [3.8, 4) is 5.75 Å².